The molecule has 0 aliphatic carbocycles. The van der Waals surface area contributed by atoms with Crippen LogP contribution >= 0.6 is 0 Å². The molecule has 0 saturated heterocycles. The Morgan fingerprint density at radius 3 is 2.04 bits per heavy atom. The van der Waals surface area contributed by atoms with Crippen molar-refractivity contribution in [2.45, 2.75) is 20.8 Å². The van der Waals surface area contributed by atoms with Crippen molar-refractivity contribution >= 4 is 17.7 Å². The van der Waals surface area contributed by atoms with Gasteiger partial charge in [0.25, 0.3) is 0 Å². The van der Waals surface area contributed by atoms with E-state index in [1.807, 2.05) is 6.92 Å². The summed E-state index contributed by atoms with van der Waals surface area (Å²) in [5.41, 5.74) is 2.43. The van der Waals surface area contributed by atoms with Gasteiger partial charge in [-0.25, -0.2) is 9.59 Å². The highest BCUT2D eigenvalue weighted by atomic mass is 16.5. The molecule has 124 valence electrons. The number of methoxy groups -OCH3 is 1. The molecule has 0 bridgehead atoms. The van der Waals surface area contributed by atoms with E-state index >= 15 is 0 Å². The van der Waals surface area contributed by atoms with Crippen molar-refractivity contribution in [1.29, 1.82) is 0 Å². The normalized spacial score (nSPS) is 10.2. The molecule has 2 aromatic carbocycles. The SMILES string of the molecule is COC(=O)c1cc(C)cc(C(=O)Oc2ccc(C)cc2C(C)=O)c1. The lowest BCUT2D eigenvalue weighted by Crippen LogP contribution is -2.13. The van der Waals surface area contributed by atoms with Crippen LogP contribution < -0.4 is 4.74 Å². The number of ether oxygens (including phenoxy) is 2. The Morgan fingerprint density at radius 1 is 0.833 bits per heavy atom. The van der Waals surface area contributed by atoms with E-state index in [0.717, 1.165) is 11.1 Å². The summed E-state index contributed by atoms with van der Waals surface area (Å²) >= 11 is 0. The first-order chi connectivity index (χ1) is 11.3. The van der Waals surface area contributed by atoms with Crippen molar-refractivity contribution in [1.82, 2.24) is 0 Å². The molecule has 2 aromatic rings. The van der Waals surface area contributed by atoms with Crippen LogP contribution in [0.25, 0.3) is 0 Å². The van der Waals surface area contributed by atoms with Crippen LogP contribution in [0.3, 0.4) is 0 Å². The minimum atomic E-state index is -0.643. The molecule has 0 aromatic heterocycles. The summed E-state index contributed by atoms with van der Waals surface area (Å²) < 4.78 is 10.0. The summed E-state index contributed by atoms with van der Waals surface area (Å²) in [5, 5.41) is 0. The van der Waals surface area contributed by atoms with E-state index < -0.39 is 11.9 Å². The number of esters is 2. The summed E-state index contributed by atoms with van der Waals surface area (Å²) in [5.74, 6) is -1.18. The van der Waals surface area contributed by atoms with Gasteiger partial charge in [0.05, 0.1) is 23.8 Å². The molecule has 0 atom stereocenters. The maximum atomic E-state index is 12.4. The second-order valence-electron chi connectivity index (χ2n) is 5.52. The lowest BCUT2D eigenvalue weighted by molar-refractivity contribution is 0.0600. The second kappa shape index (κ2) is 7.08. The summed E-state index contributed by atoms with van der Waals surface area (Å²) in [6, 6.07) is 9.64. The van der Waals surface area contributed by atoms with Gasteiger partial charge in [-0.2, -0.15) is 0 Å². The van der Waals surface area contributed by atoms with Gasteiger partial charge in [-0.3, -0.25) is 4.79 Å². The number of carbonyl (C=O) groups excluding carboxylic acids is 3. The third-order valence-corrected chi connectivity index (χ3v) is 3.45. The smallest absolute Gasteiger partial charge is 0.343 e. The largest absolute Gasteiger partial charge is 0.465 e. The molecule has 0 amide bonds. The lowest BCUT2D eigenvalue weighted by atomic mass is 10.1. The predicted octanol–water partition coefficient (Wildman–Crippen LogP) is 3.51. The molecular weight excluding hydrogens is 308 g/mol. The van der Waals surface area contributed by atoms with Crippen molar-refractivity contribution in [2.24, 2.45) is 0 Å². The monoisotopic (exact) mass is 326 g/mol. The third kappa shape index (κ3) is 3.87. The maximum Gasteiger partial charge on any atom is 0.343 e. The zero-order valence-corrected chi connectivity index (χ0v) is 14.0. The van der Waals surface area contributed by atoms with Crippen LogP contribution in [-0.2, 0) is 4.74 Å². The number of ketones is 1. The topological polar surface area (TPSA) is 69.7 Å². The summed E-state index contributed by atoms with van der Waals surface area (Å²) in [4.78, 5) is 35.8. The molecule has 0 N–H and O–H groups in total. The molecule has 2 rings (SSSR count). The number of carbonyl (C=O) groups is 3. The minimum Gasteiger partial charge on any atom is -0.465 e. The Labute approximate surface area is 140 Å². The molecule has 0 aliphatic heterocycles. The first-order valence-electron chi connectivity index (χ1n) is 7.35. The first-order valence-corrected chi connectivity index (χ1v) is 7.35. The van der Waals surface area contributed by atoms with Crippen molar-refractivity contribution in [3.63, 3.8) is 0 Å². The molecule has 0 radical (unpaired) electrons. The first kappa shape index (κ1) is 17.4. The van der Waals surface area contributed by atoms with E-state index in [9.17, 15) is 14.4 Å². The number of rotatable bonds is 4. The second-order valence-corrected chi connectivity index (χ2v) is 5.52. The molecule has 0 unspecified atom stereocenters. The molecular formula is C19H18O5. The van der Waals surface area contributed by atoms with E-state index in [0.29, 0.717) is 5.56 Å². The zero-order chi connectivity index (χ0) is 17.9. The molecule has 5 nitrogen and oxygen atoms in total. The van der Waals surface area contributed by atoms with E-state index in [2.05, 4.69) is 4.74 Å². The third-order valence-electron chi connectivity index (χ3n) is 3.45. The molecule has 0 spiro atoms. The van der Waals surface area contributed by atoms with Crippen LogP contribution in [0.5, 0.6) is 5.75 Å². The summed E-state index contributed by atoms with van der Waals surface area (Å²) in [6.45, 7) is 5.02. The van der Waals surface area contributed by atoms with Crippen LogP contribution in [0.4, 0.5) is 0 Å². The van der Waals surface area contributed by atoms with Crippen LogP contribution in [0, 0.1) is 13.8 Å². The number of hydrogen-bond donors (Lipinski definition) is 0. The van der Waals surface area contributed by atoms with Crippen molar-refractivity contribution in [2.75, 3.05) is 7.11 Å². The zero-order valence-electron chi connectivity index (χ0n) is 14.0. The molecule has 0 fully saturated rings. The molecule has 24 heavy (non-hydrogen) atoms. The Morgan fingerprint density at radius 2 is 1.46 bits per heavy atom. The maximum absolute atomic E-state index is 12.4. The van der Waals surface area contributed by atoms with Crippen LogP contribution in [0.1, 0.15) is 49.1 Å². The molecule has 5 heteroatoms. The van der Waals surface area contributed by atoms with Crippen LogP contribution in [0.2, 0.25) is 0 Å². The van der Waals surface area contributed by atoms with Gasteiger partial charge >= 0.3 is 11.9 Å². The van der Waals surface area contributed by atoms with Crippen molar-refractivity contribution in [3.8, 4) is 5.75 Å². The van der Waals surface area contributed by atoms with Gasteiger partial charge < -0.3 is 9.47 Å². The Bertz CT molecular complexity index is 821. The quantitative estimate of drug-likeness (QED) is 0.488. The van der Waals surface area contributed by atoms with E-state index in [-0.39, 0.29) is 22.7 Å². The van der Waals surface area contributed by atoms with E-state index in [1.165, 1.54) is 20.1 Å². The van der Waals surface area contributed by atoms with Gasteiger partial charge in [0.2, 0.25) is 0 Å². The number of Topliss-reactive ketones (excluding diaryl/α,β-unsaturated/α-hetero) is 1. The highest BCUT2D eigenvalue weighted by Crippen LogP contribution is 2.22. The Kier molecular flexibility index (Phi) is 5.14. The fraction of sp³-hybridized carbons (Fsp3) is 0.211. The lowest BCUT2D eigenvalue weighted by Gasteiger charge is -2.10. The fourth-order valence-corrected chi connectivity index (χ4v) is 2.30. The molecule has 0 saturated carbocycles. The highest BCUT2D eigenvalue weighted by molar-refractivity contribution is 6.00. The molecule has 0 heterocycles. The van der Waals surface area contributed by atoms with Gasteiger partial charge in [-0.15, -0.1) is 0 Å². The number of benzene rings is 2. The highest BCUT2D eigenvalue weighted by Gasteiger charge is 2.17. The Hall–Kier alpha value is -2.95. The summed E-state index contributed by atoms with van der Waals surface area (Å²) in [6.07, 6.45) is 0. The van der Waals surface area contributed by atoms with Gasteiger partial charge in [-0.05, 0) is 56.7 Å². The average molecular weight is 326 g/mol. The minimum absolute atomic E-state index is 0.194. The van der Waals surface area contributed by atoms with E-state index in [1.54, 1.807) is 37.3 Å². The Balaban J connectivity index is 2.36. The number of hydrogen-bond acceptors (Lipinski definition) is 5. The predicted molar refractivity (Wildman–Crippen MR) is 88.7 cm³/mol. The molecule has 0 aliphatic rings. The number of aryl methyl sites for hydroxylation is 2. The summed E-state index contributed by atoms with van der Waals surface area (Å²) in [7, 11) is 1.27. The van der Waals surface area contributed by atoms with Crippen molar-refractivity contribution in [3.05, 3.63) is 64.2 Å². The van der Waals surface area contributed by atoms with Crippen molar-refractivity contribution < 1.29 is 23.9 Å². The van der Waals surface area contributed by atoms with Gasteiger partial charge in [0, 0.05) is 0 Å². The van der Waals surface area contributed by atoms with Gasteiger partial charge in [0.15, 0.2) is 5.78 Å². The van der Waals surface area contributed by atoms with E-state index in [4.69, 9.17) is 4.74 Å². The standard InChI is InChI=1S/C19H18O5/c1-11-5-6-17(16(9-11)13(3)20)24-19(22)15-8-12(2)7-14(10-15)18(21)23-4/h5-10H,1-4H3. The van der Waals surface area contributed by atoms with Crippen LogP contribution in [0.15, 0.2) is 36.4 Å². The fourth-order valence-electron chi connectivity index (χ4n) is 2.30. The van der Waals surface area contributed by atoms with Crippen LogP contribution in [-0.4, -0.2) is 24.8 Å². The average Bonchev–Trinajstić information content (AvgIpc) is 2.54. The van der Waals surface area contributed by atoms with Gasteiger partial charge in [0.1, 0.15) is 5.75 Å². The van der Waals surface area contributed by atoms with Gasteiger partial charge in [-0.1, -0.05) is 11.6 Å².